The standard InChI is InChI=1S/C16H20N2O4/c1-2-18(17-9-11-22-12-10-17)16(21)14-6-3-13(4-7-14)5-8-15(19)20/h3-8H,2,9-12H2,1H3,(H,19,20). The minimum absolute atomic E-state index is 0.0573. The summed E-state index contributed by atoms with van der Waals surface area (Å²) < 4.78 is 5.31. The number of aliphatic carboxylic acids is 1. The lowest BCUT2D eigenvalue weighted by atomic mass is 10.1. The number of morpholine rings is 1. The molecule has 2 rings (SSSR count). The lowest BCUT2D eigenvalue weighted by Crippen LogP contribution is -2.51. The van der Waals surface area contributed by atoms with E-state index >= 15 is 0 Å². The molecule has 0 aliphatic carbocycles. The van der Waals surface area contributed by atoms with Crippen molar-refractivity contribution in [3.05, 3.63) is 41.5 Å². The summed E-state index contributed by atoms with van der Waals surface area (Å²) in [5, 5.41) is 12.3. The van der Waals surface area contributed by atoms with Gasteiger partial charge < -0.3 is 9.84 Å². The quantitative estimate of drug-likeness (QED) is 0.835. The fourth-order valence-corrected chi connectivity index (χ4v) is 2.32. The topological polar surface area (TPSA) is 70.1 Å². The fourth-order valence-electron chi connectivity index (χ4n) is 2.32. The number of carbonyl (C=O) groups is 2. The summed E-state index contributed by atoms with van der Waals surface area (Å²) in [5.74, 6) is -1.05. The van der Waals surface area contributed by atoms with Crippen LogP contribution in [0.4, 0.5) is 0 Å². The molecule has 0 atom stereocenters. The summed E-state index contributed by atoms with van der Waals surface area (Å²) in [4.78, 5) is 23.1. The zero-order chi connectivity index (χ0) is 15.9. The minimum Gasteiger partial charge on any atom is -0.478 e. The molecule has 1 N–H and O–H groups in total. The first-order valence-corrected chi connectivity index (χ1v) is 7.27. The van der Waals surface area contributed by atoms with Gasteiger partial charge in [-0.2, -0.15) is 0 Å². The van der Waals surface area contributed by atoms with Crippen LogP contribution >= 0.6 is 0 Å². The molecule has 1 aromatic carbocycles. The normalized spacial score (nSPS) is 15.9. The maximum atomic E-state index is 12.6. The first-order valence-electron chi connectivity index (χ1n) is 7.27. The van der Waals surface area contributed by atoms with Crippen LogP contribution in [-0.4, -0.2) is 59.8 Å². The molecule has 1 fully saturated rings. The Morgan fingerprint density at radius 2 is 1.91 bits per heavy atom. The second kappa shape index (κ2) is 7.72. The Labute approximate surface area is 129 Å². The average molecular weight is 304 g/mol. The van der Waals surface area contributed by atoms with Crippen LogP contribution in [0.1, 0.15) is 22.8 Å². The molecule has 1 aliphatic heterocycles. The van der Waals surface area contributed by atoms with Crippen LogP contribution < -0.4 is 0 Å². The molecule has 1 aromatic rings. The Morgan fingerprint density at radius 1 is 1.27 bits per heavy atom. The smallest absolute Gasteiger partial charge is 0.328 e. The van der Waals surface area contributed by atoms with E-state index in [1.165, 1.54) is 6.08 Å². The molecule has 6 heteroatoms. The second-order valence-corrected chi connectivity index (χ2v) is 4.88. The first kappa shape index (κ1) is 16.2. The van der Waals surface area contributed by atoms with Crippen molar-refractivity contribution >= 4 is 18.0 Å². The van der Waals surface area contributed by atoms with E-state index in [9.17, 15) is 9.59 Å². The predicted octanol–water partition coefficient (Wildman–Crippen LogP) is 1.49. The molecule has 1 aliphatic rings. The Hall–Kier alpha value is -2.18. The third-order valence-corrected chi connectivity index (χ3v) is 3.44. The molecule has 0 spiro atoms. The van der Waals surface area contributed by atoms with E-state index in [1.807, 2.05) is 11.9 Å². The van der Waals surface area contributed by atoms with Crippen molar-refractivity contribution in [2.24, 2.45) is 0 Å². The van der Waals surface area contributed by atoms with Crippen LogP contribution in [0, 0.1) is 0 Å². The lowest BCUT2D eigenvalue weighted by Gasteiger charge is -2.36. The van der Waals surface area contributed by atoms with Crippen molar-refractivity contribution in [2.75, 3.05) is 32.8 Å². The third-order valence-electron chi connectivity index (χ3n) is 3.44. The molecule has 0 bridgehead atoms. The van der Waals surface area contributed by atoms with Gasteiger partial charge in [0.05, 0.1) is 13.2 Å². The highest BCUT2D eigenvalue weighted by molar-refractivity contribution is 5.94. The van der Waals surface area contributed by atoms with Gasteiger partial charge in [0.25, 0.3) is 5.91 Å². The number of rotatable bonds is 5. The molecule has 1 saturated heterocycles. The van der Waals surface area contributed by atoms with E-state index in [1.54, 1.807) is 29.3 Å². The van der Waals surface area contributed by atoms with Crippen molar-refractivity contribution in [1.29, 1.82) is 0 Å². The number of hydrazine groups is 1. The molecule has 0 radical (unpaired) electrons. The number of hydrogen-bond acceptors (Lipinski definition) is 4. The predicted molar refractivity (Wildman–Crippen MR) is 82.2 cm³/mol. The number of carbonyl (C=O) groups excluding carboxylic acids is 1. The third kappa shape index (κ3) is 4.16. The number of benzene rings is 1. The van der Waals surface area contributed by atoms with Crippen molar-refractivity contribution < 1.29 is 19.4 Å². The van der Waals surface area contributed by atoms with Crippen LogP contribution in [0.25, 0.3) is 6.08 Å². The second-order valence-electron chi connectivity index (χ2n) is 4.88. The molecular weight excluding hydrogens is 284 g/mol. The Kier molecular flexibility index (Phi) is 5.68. The summed E-state index contributed by atoms with van der Waals surface area (Å²) in [7, 11) is 0. The number of ether oxygens (including phenoxy) is 1. The van der Waals surface area contributed by atoms with E-state index in [0.717, 1.165) is 11.6 Å². The summed E-state index contributed by atoms with van der Waals surface area (Å²) in [6.45, 7) is 5.21. The molecule has 0 unspecified atom stereocenters. The molecule has 6 nitrogen and oxygen atoms in total. The van der Waals surface area contributed by atoms with Gasteiger partial charge in [-0.05, 0) is 30.7 Å². The fraction of sp³-hybridized carbons (Fsp3) is 0.375. The zero-order valence-corrected chi connectivity index (χ0v) is 12.6. The first-order chi connectivity index (χ1) is 10.6. The average Bonchev–Trinajstić information content (AvgIpc) is 2.55. The zero-order valence-electron chi connectivity index (χ0n) is 12.6. The largest absolute Gasteiger partial charge is 0.478 e. The summed E-state index contributed by atoms with van der Waals surface area (Å²) in [6.07, 6.45) is 2.57. The monoisotopic (exact) mass is 304 g/mol. The van der Waals surface area contributed by atoms with E-state index in [0.29, 0.717) is 38.4 Å². The minimum atomic E-state index is -0.996. The van der Waals surface area contributed by atoms with Gasteiger partial charge in [0, 0.05) is 31.3 Å². The van der Waals surface area contributed by atoms with Gasteiger partial charge in [-0.25, -0.2) is 9.80 Å². The summed E-state index contributed by atoms with van der Waals surface area (Å²) >= 11 is 0. The van der Waals surface area contributed by atoms with Crippen LogP contribution in [0.5, 0.6) is 0 Å². The Balaban J connectivity index is 2.08. The number of hydrogen-bond donors (Lipinski definition) is 1. The Morgan fingerprint density at radius 3 is 2.45 bits per heavy atom. The van der Waals surface area contributed by atoms with Crippen molar-refractivity contribution in [2.45, 2.75) is 6.92 Å². The Bertz CT molecular complexity index is 548. The highest BCUT2D eigenvalue weighted by Gasteiger charge is 2.22. The van der Waals surface area contributed by atoms with Gasteiger partial charge >= 0.3 is 5.97 Å². The number of carboxylic acids is 1. The molecule has 1 amide bonds. The maximum Gasteiger partial charge on any atom is 0.328 e. The SMILES string of the molecule is CCN(C(=O)c1ccc(C=CC(=O)O)cc1)N1CCOCC1. The summed E-state index contributed by atoms with van der Waals surface area (Å²) in [5.41, 5.74) is 1.33. The van der Waals surface area contributed by atoms with Crippen LogP contribution in [0.15, 0.2) is 30.3 Å². The lowest BCUT2D eigenvalue weighted by molar-refractivity contribution is -0.131. The molecule has 118 valence electrons. The van der Waals surface area contributed by atoms with Gasteiger partial charge in [-0.15, -0.1) is 0 Å². The van der Waals surface area contributed by atoms with Crippen molar-refractivity contribution in [1.82, 2.24) is 10.0 Å². The van der Waals surface area contributed by atoms with E-state index in [4.69, 9.17) is 9.84 Å². The van der Waals surface area contributed by atoms with Crippen LogP contribution in [-0.2, 0) is 9.53 Å². The van der Waals surface area contributed by atoms with Gasteiger partial charge in [-0.1, -0.05) is 12.1 Å². The van der Waals surface area contributed by atoms with E-state index in [2.05, 4.69) is 0 Å². The van der Waals surface area contributed by atoms with E-state index in [-0.39, 0.29) is 5.91 Å². The molecule has 1 heterocycles. The maximum absolute atomic E-state index is 12.6. The summed E-state index contributed by atoms with van der Waals surface area (Å²) in [6, 6.07) is 6.90. The highest BCUT2D eigenvalue weighted by atomic mass is 16.5. The number of carboxylic acid groups (broad SMARTS) is 1. The van der Waals surface area contributed by atoms with Gasteiger partial charge in [0.15, 0.2) is 0 Å². The highest BCUT2D eigenvalue weighted by Crippen LogP contribution is 2.12. The molecular formula is C16H20N2O4. The van der Waals surface area contributed by atoms with Gasteiger partial charge in [0.2, 0.25) is 0 Å². The molecule has 0 aromatic heterocycles. The van der Waals surface area contributed by atoms with Gasteiger partial charge in [0.1, 0.15) is 0 Å². The van der Waals surface area contributed by atoms with Crippen LogP contribution in [0.2, 0.25) is 0 Å². The van der Waals surface area contributed by atoms with Crippen LogP contribution in [0.3, 0.4) is 0 Å². The van der Waals surface area contributed by atoms with E-state index < -0.39 is 5.97 Å². The number of nitrogens with zero attached hydrogens (tertiary/aromatic N) is 2. The number of amides is 1. The molecule has 22 heavy (non-hydrogen) atoms. The van der Waals surface area contributed by atoms with Crippen molar-refractivity contribution in [3.63, 3.8) is 0 Å². The van der Waals surface area contributed by atoms with Crippen molar-refractivity contribution in [3.8, 4) is 0 Å². The van der Waals surface area contributed by atoms with Gasteiger partial charge in [-0.3, -0.25) is 9.80 Å². The molecule has 0 saturated carbocycles.